The molecule has 0 saturated carbocycles. The van der Waals surface area contributed by atoms with Crippen LogP contribution in [0.2, 0.25) is 0 Å². The van der Waals surface area contributed by atoms with Gasteiger partial charge in [-0.05, 0) is 55.3 Å². The molecular formula is C39H42FN7O2. The number of fused-ring (bicyclic) bond motifs is 2. The van der Waals surface area contributed by atoms with Crippen molar-refractivity contribution >= 4 is 28.2 Å². The summed E-state index contributed by atoms with van der Waals surface area (Å²) < 4.78 is 20.4. The monoisotopic (exact) mass is 659 g/mol. The molecule has 1 aromatic heterocycles. The molecule has 3 aliphatic heterocycles. The summed E-state index contributed by atoms with van der Waals surface area (Å²) in [6.45, 7) is 10.2. The lowest BCUT2D eigenvalue weighted by Gasteiger charge is -2.42. The number of likely N-dealkylation sites (tertiary alicyclic amines) is 1. The Bertz CT molecular complexity index is 1890. The first kappa shape index (κ1) is 32.5. The number of carbonyl (C=O) groups excluding carboxylic acids is 1. The number of hydrogen-bond donors (Lipinski definition) is 0. The van der Waals surface area contributed by atoms with Crippen molar-refractivity contribution in [2.24, 2.45) is 0 Å². The van der Waals surface area contributed by atoms with Gasteiger partial charge in [0.05, 0.1) is 30.8 Å². The highest BCUT2D eigenvalue weighted by Crippen LogP contribution is 2.36. The van der Waals surface area contributed by atoms with Crippen molar-refractivity contribution in [1.82, 2.24) is 19.8 Å². The molecule has 7 rings (SSSR count). The van der Waals surface area contributed by atoms with Gasteiger partial charge in [0.1, 0.15) is 12.4 Å². The van der Waals surface area contributed by atoms with Crippen molar-refractivity contribution < 1.29 is 13.9 Å². The molecule has 0 spiro atoms. The maximum absolute atomic E-state index is 13.9. The number of nitrogens with zero attached hydrogens (tertiary/aromatic N) is 7. The molecule has 9 nitrogen and oxygen atoms in total. The average Bonchev–Trinajstić information content (AvgIpc) is 3.56. The van der Waals surface area contributed by atoms with E-state index in [1.807, 2.05) is 6.07 Å². The Hall–Kier alpha value is -5.01. The van der Waals surface area contributed by atoms with E-state index in [0.29, 0.717) is 32.3 Å². The van der Waals surface area contributed by atoms with Crippen LogP contribution in [0, 0.1) is 18.3 Å². The molecule has 252 valence electrons. The van der Waals surface area contributed by atoms with Gasteiger partial charge in [0.15, 0.2) is 5.83 Å². The van der Waals surface area contributed by atoms with Crippen LogP contribution in [0.1, 0.15) is 41.6 Å². The summed E-state index contributed by atoms with van der Waals surface area (Å²) in [6.07, 6.45) is 2.97. The Balaban J connectivity index is 1.19. The van der Waals surface area contributed by atoms with Crippen LogP contribution in [0.25, 0.3) is 10.8 Å². The highest BCUT2D eigenvalue weighted by atomic mass is 19.1. The smallest absolute Gasteiger partial charge is 0.318 e. The molecule has 0 N–H and O–H groups in total. The van der Waals surface area contributed by atoms with Crippen molar-refractivity contribution in [3.8, 4) is 12.1 Å². The second-order valence-electron chi connectivity index (χ2n) is 13.3. The van der Waals surface area contributed by atoms with E-state index in [-0.39, 0.29) is 19.0 Å². The van der Waals surface area contributed by atoms with Gasteiger partial charge in [-0.15, -0.1) is 0 Å². The van der Waals surface area contributed by atoms with Gasteiger partial charge in [-0.1, -0.05) is 67.2 Å². The number of halogens is 1. The zero-order chi connectivity index (χ0) is 33.9. The average molecular weight is 660 g/mol. The predicted molar refractivity (Wildman–Crippen MR) is 189 cm³/mol. The molecule has 0 aliphatic carbocycles. The first-order chi connectivity index (χ1) is 23.9. The molecule has 2 saturated heterocycles. The summed E-state index contributed by atoms with van der Waals surface area (Å²) in [6, 6.07) is 25.6. The minimum absolute atomic E-state index is 0.0826. The van der Waals surface area contributed by atoms with Gasteiger partial charge in [-0.2, -0.15) is 15.2 Å². The van der Waals surface area contributed by atoms with E-state index in [1.54, 1.807) is 0 Å². The summed E-state index contributed by atoms with van der Waals surface area (Å²) in [7, 11) is 0. The standard InChI is InChI=1S/C39H42FN7O2/c1-27-9-6-12-30-13-7-15-35(36(27)30)45-20-17-33-34(25-45)42-39(49-26-32-14-8-19-44(32)23-29-10-4-3-5-11-29)43-37(33)46-21-22-47(38(48)28(2)40)31(24-46)16-18-41/h3-7,9-13,15,31-32H,2,8,14,16-17,19-26H2,1H3/t31-,32-/m0/s1. The largest absolute Gasteiger partial charge is 0.462 e. The fraction of sp³-hybridized carbons (Fsp3) is 0.385. The van der Waals surface area contributed by atoms with Crippen molar-refractivity contribution in [1.29, 1.82) is 5.26 Å². The second kappa shape index (κ2) is 14.2. The number of aryl methyl sites for hydroxylation is 1. The molecule has 3 aromatic carbocycles. The van der Waals surface area contributed by atoms with Crippen LogP contribution < -0.4 is 14.5 Å². The highest BCUT2D eigenvalue weighted by molar-refractivity contribution is 5.97. The van der Waals surface area contributed by atoms with E-state index in [4.69, 9.17) is 14.7 Å². The zero-order valence-electron chi connectivity index (χ0n) is 28.0. The molecule has 4 aromatic rings. The third-order valence-corrected chi connectivity index (χ3v) is 10.2. The first-order valence-corrected chi connectivity index (χ1v) is 17.2. The molecule has 2 atom stereocenters. The fourth-order valence-electron chi connectivity index (χ4n) is 7.72. The summed E-state index contributed by atoms with van der Waals surface area (Å²) >= 11 is 0. The van der Waals surface area contributed by atoms with Gasteiger partial charge in [0.2, 0.25) is 0 Å². The lowest BCUT2D eigenvalue weighted by atomic mass is 9.99. The zero-order valence-corrected chi connectivity index (χ0v) is 28.0. The number of hydrogen-bond acceptors (Lipinski definition) is 8. The van der Waals surface area contributed by atoms with E-state index >= 15 is 0 Å². The molecule has 49 heavy (non-hydrogen) atoms. The number of rotatable bonds is 9. The fourth-order valence-corrected chi connectivity index (χ4v) is 7.72. The Labute approximate surface area is 287 Å². The number of nitriles is 1. The highest BCUT2D eigenvalue weighted by Gasteiger charge is 2.35. The van der Waals surface area contributed by atoms with E-state index in [0.717, 1.165) is 56.0 Å². The number of benzene rings is 3. The van der Waals surface area contributed by atoms with Gasteiger partial charge in [0, 0.05) is 55.4 Å². The second-order valence-corrected chi connectivity index (χ2v) is 13.3. The van der Waals surface area contributed by atoms with Gasteiger partial charge in [-0.25, -0.2) is 4.39 Å². The quantitative estimate of drug-likeness (QED) is 0.204. The van der Waals surface area contributed by atoms with Crippen molar-refractivity contribution in [2.45, 2.75) is 57.8 Å². The molecule has 0 unspecified atom stereocenters. The number of piperazine rings is 1. The van der Waals surface area contributed by atoms with Crippen LogP contribution in [0.5, 0.6) is 6.01 Å². The van der Waals surface area contributed by atoms with Crippen LogP contribution >= 0.6 is 0 Å². The minimum atomic E-state index is -1.01. The number of aromatic nitrogens is 2. The van der Waals surface area contributed by atoms with Gasteiger partial charge in [-0.3, -0.25) is 9.69 Å². The molecule has 2 fully saturated rings. The van der Waals surface area contributed by atoms with Crippen LogP contribution in [-0.4, -0.2) is 77.1 Å². The lowest BCUT2D eigenvalue weighted by molar-refractivity contribution is -0.131. The minimum Gasteiger partial charge on any atom is -0.462 e. The maximum atomic E-state index is 13.9. The topological polar surface area (TPSA) is 88.8 Å². The normalized spacial score (nSPS) is 19.5. The summed E-state index contributed by atoms with van der Waals surface area (Å²) in [4.78, 5) is 31.1. The Kier molecular flexibility index (Phi) is 9.45. The van der Waals surface area contributed by atoms with E-state index in [1.165, 1.54) is 32.5 Å². The number of carbonyl (C=O) groups is 1. The molecule has 4 heterocycles. The summed E-state index contributed by atoms with van der Waals surface area (Å²) in [5.41, 5.74) is 5.66. The van der Waals surface area contributed by atoms with Crippen molar-refractivity contribution in [2.75, 3.05) is 49.1 Å². The van der Waals surface area contributed by atoms with Crippen molar-refractivity contribution in [3.63, 3.8) is 0 Å². The van der Waals surface area contributed by atoms with E-state index in [9.17, 15) is 14.4 Å². The molecule has 0 radical (unpaired) electrons. The summed E-state index contributed by atoms with van der Waals surface area (Å²) in [5, 5.41) is 12.0. The SMILES string of the molecule is C=C(F)C(=O)N1CCN(c2nc(OC[C@@H]3CCCN3Cc3ccccc3)nc3c2CCN(c2cccc4cccc(C)c24)C3)C[C@@H]1CC#N. The van der Waals surface area contributed by atoms with Gasteiger partial charge < -0.3 is 19.4 Å². The molecule has 0 bridgehead atoms. The van der Waals surface area contributed by atoms with E-state index in [2.05, 4.69) is 94.9 Å². The van der Waals surface area contributed by atoms with Gasteiger partial charge in [0.25, 0.3) is 5.91 Å². The third-order valence-electron chi connectivity index (χ3n) is 10.2. The third kappa shape index (κ3) is 6.81. The molecular weight excluding hydrogens is 617 g/mol. The Morgan fingerprint density at radius 2 is 1.82 bits per heavy atom. The van der Waals surface area contributed by atoms with Gasteiger partial charge >= 0.3 is 6.01 Å². The Morgan fingerprint density at radius 3 is 2.61 bits per heavy atom. The molecule has 1 amide bonds. The molecule has 3 aliphatic rings. The maximum Gasteiger partial charge on any atom is 0.318 e. The number of anilines is 2. The summed E-state index contributed by atoms with van der Waals surface area (Å²) in [5.74, 6) is -0.995. The predicted octanol–water partition coefficient (Wildman–Crippen LogP) is 5.96. The van der Waals surface area contributed by atoms with Crippen molar-refractivity contribution in [3.05, 3.63) is 102 Å². The number of amides is 1. The van der Waals surface area contributed by atoms with Crippen LogP contribution in [0.3, 0.4) is 0 Å². The van der Waals surface area contributed by atoms with E-state index < -0.39 is 17.8 Å². The first-order valence-electron chi connectivity index (χ1n) is 17.2. The van der Waals surface area contributed by atoms with Crippen LogP contribution in [-0.2, 0) is 24.3 Å². The lowest BCUT2D eigenvalue weighted by Crippen LogP contribution is -2.55. The Morgan fingerprint density at radius 1 is 1.00 bits per heavy atom. The van der Waals surface area contributed by atoms with Crippen LogP contribution in [0.15, 0.2) is 79.1 Å². The molecule has 10 heteroatoms. The number of ether oxygens (including phenoxy) is 1. The van der Waals surface area contributed by atoms with Crippen LogP contribution in [0.4, 0.5) is 15.9 Å².